The number of nitrogens with zero attached hydrogens (tertiary/aromatic N) is 3. The van der Waals surface area contributed by atoms with Gasteiger partial charge in [-0.25, -0.2) is 9.02 Å². The maximum absolute atomic E-state index is 13.1. The third-order valence-electron chi connectivity index (χ3n) is 2.52. The summed E-state index contributed by atoms with van der Waals surface area (Å²) in [7, 11) is 0. The summed E-state index contributed by atoms with van der Waals surface area (Å²) in [5, 5.41) is 30.1. The van der Waals surface area contributed by atoms with Crippen LogP contribution in [0.5, 0.6) is 5.88 Å². The first-order valence-corrected chi connectivity index (χ1v) is 6.50. The molecule has 1 aromatic heterocycles. The van der Waals surface area contributed by atoms with Gasteiger partial charge in [-0.1, -0.05) is 16.8 Å². The zero-order valence-corrected chi connectivity index (χ0v) is 12.1. The molecule has 0 aliphatic rings. The molecule has 23 heavy (non-hydrogen) atoms. The van der Waals surface area contributed by atoms with Gasteiger partial charge in [0.05, 0.1) is 11.4 Å². The molecule has 2 aromatic rings. The topological polar surface area (TPSA) is 130 Å². The van der Waals surface area contributed by atoms with E-state index in [0.717, 1.165) is 6.07 Å². The summed E-state index contributed by atoms with van der Waals surface area (Å²) < 4.78 is 22.7. The molecule has 0 aliphatic heterocycles. The summed E-state index contributed by atoms with van der Waals surface area (Å²) in [4.78, 5) is 10.4. The number of ether oxygens (including phenoxy) is 1. The number of benzene rings is 1. The number of carboxylic acid groups (broad SMARTS) is 1. The minimum atomic E-state index is -1.06. The molecule has 0 saturated carbocycles. The second-order valence-electron chi connectivity index (χ2n) is 4.11. The lowest BCUT2D eigenvalue weighted by Crippen LogP contribution is -2.16. The van der Waals surface area contributed by atoms with Crippen LogP contribution in [0.4, 0.5) is 10.1 Å². The van der Waals surface area contributed by atoms with E-state index >= 15 is 0 Å². The first-order valence-electron chi connectivity index (χ1n) is 6.13. The molecule has 0 bridgehead atoms. The number of aromatic nitrogens is 2. The van der Waals surface area contributed by atoms with E-state index in [-0.39, 0.29) is 35.5 Å². The molecule has 0 aliphatic carbocycles. The Hall–Kier alpha value is -2.88. The monoisotopic (exact) mass is 344 g/mol. The number of rotatable bonds is 6. The van der Waals surface area contributed by atoms with Crippen LogP contribution in [0.1, 0.15) is 12.1 Å². The van der Waals surface area contributed by atoms with E-state index in [9.17, 15) is 9.18 Å². The van der Waals surface area contributed by atoms with Crippen LogP contribution in [0, 0.1) is 5.82 Å². The van der Waals surface area contributed by atoms with Crippen LogP contribution in [-0.2, 0) is 4.79 Å². The van der Waals surface area contributed by atoms with E-state index in [1.165, 1.54) is 12.1 Å². The van der Waals surface area contributed by atoms with Crippen molar-refractivity contribution in [1.29, 1.82) is 0 Å². The quantitative estimate of drug-likeness (QED) is 0.314. The second-order valence-corrected chi connectivity index (χ2v) is 4.52. The molecule has 2 rings (SSSR count). The van der Waals surface area contributed by atoms with Crippen molar-refractivity contribution in [3.63, 3.8) is 0 Å². The van der Waals surface area contributed by atoms with Gasteiger partial charge in [0.25, 0.3) is 5.88 Å². The molecule has 3 N–H and O–H groups in total. The van der Waals surface area contributed by atoms with Crippen molar-refractivity contribution in [2.45, 2.75) is 6.42 Å². The van der Waals surface area contributed by atoms with Crippen molar-refractivity contribution in [2.75, 3.05) is 11.9 Å². The first kappa shape index (κ1) is 16.5. The predicted molar refractivity (Wildman–Crippen MR) is 75.4 cm³/mol. The number of carboxylic acids is 1. The lowest BCUT2D eigenvalue weighted by Gasteiger charge is -2.07. The van der Waals surface area contributed by atoms with Crippen LogP contribution in [0.2, 0.25) is 5.02 Å². The number of aliphatic carboxylic acids is 1. The molecule has 0 spiro atoms. The predicted octanol–water partition coefficient (Wildman–Crippen LogP) is 1.96. The fourth-order valence-electron chi connectivity index (χ4n) is 1.50. The Labute approximate surface area is 133 Å². The van der Waals surface area contributed by atoms with E-state index in [4.69, 9.17) is 26.7 Å². The zero-order valence-electron chi connectivity index (χ0n) is 11.4. The summed E-state index contributed by atoms with van der Waals surface area (Å²) in [6.07, 6.45) is -0.265. The summed E-state index contributed by atoms with van der Waals surface area (Å²) in [6, 6.07) is 3.73. The molecule has 0 fully saturated rings. The Morgan fingerprint density at radius 1 is 1.48 bits per heavy atom. The summed E-state index contributed by atoms with van der Waals surface area (Å²) in [6.45, 7) is -0.183. The molecule has 1 aromatic carbocycles. The Bertz CT molecular complexity index is 736. The highest BCUT2D eigenvalue weighted by molar-refractivity contribution is 6.31. The lowest BCUT2D eigenvalue weighted by molar-refractivity contribution is -0.137. The number of oxime groups is 1. The zero-order chi connectivity index (χ0) is 16.8. The number of nitrogens with one attached hydrogen (secondary N) is 1. The fourth-order valence-corrected chi connectivity index (χ4v) is 1.68. The molecule has 0 saturated heterocycles. The molecule has 0 atom stereocenters. The normalized spacial score (nSPS) is 11.3. The molecule has 0 unspecified atom stereocenters. The van der Waals surface area contributed by atoms with Gasteiger partial charge in [-0.3, -0.25) is 4.79 Å². The highest BCUT2D eigenvalue weighted by atomic mass is 35.5. The number of carbonyl (C=O) groups is 1. The molecule has 0 radical (unpaired) electrons. The molecule has 11 heteroatoms. The van der Waals surface area contributed by atoms with Crippen molar-refractivity contribution < 1.29 is 28.9 Å². The number of anilines is 1. The minimum Gasteiger partial charge on any atom is -0.481 e. The largest absolute Gasteiger partial charge is 0.481 e. The van der Waals surface area contributed by atoms with Crippen LogP contribution in [0.3, 0.4) is 0 Å². The van der Waals surface area contributed by atoms with Gasteiger partial charge in [0.15, 0.2) is 0 Å². The van der Waals surface area contributed by atoms with Crippen molar-refractivity contribution in [3.05, 3.63) is 34.7 Å². The molecule has 122 valence electrons. The van der Waals surface area contributed by atoms with Gasteiger partial charge in [0, 0.05) is 5.69 Å². The first-order chi connectivity index (χ1) is 11.0. The Morgan fingerprint density at radius 3 is 2.91 bits per heavy atom. The summed E-state index contributed by atoms with van der Waals surface area (Å²) in [5.74, 6) is -2.04. The van der Waals surface area contributed by atoms with Crippen LogP contribution in [-0.4, -0.2) is 39.0 Å². The van der Waals surface area contributed by atoms with Crippen LogP contribution in [0.15, 0.2) is 28.0 Å². The van der Waals surface area contributed by atoms with Gasteiger partial charge in [0.1, 0.15) is 12.4 Å². The highest BCUT2D eigenvalue weighted by Gasteiger charge is 2.19. The second kappa shape index (κ2) is 7.40. The maximum Gasteiger partial charge on any atom is 0.306 e. The van der Waals surface area contributed by atoms with Gasteiger partial charge < -0.3 is 20.4 Å². The maximum atomic E-state index is 13.1. The van der Waals surface area contributed by atoms with Crippen molar-refractivity contribution in [1.82, 2.24) is 10.3 Å². The van der Waals surface area contributed by atoms with Gasteiger partial charge in [0.2, 0.25) is 11.5 Å². The van der Waals surface area contributed by atoms with Crippen LogP contribution < -0.4 is 10.1 Å². The number of hydrogen-bond donors (Lipinski definition) is 3. The van der Waals surface area contributed by atoms with Gasteiger partial charge in [-0.2, -0.15) is 0 Å². The highest BCUT2D eigenvalue weighted by Crippen LogP contribution is 2.21. The third-order valence-corrected chi connectivity index (χ3v) is 2.81. The van der Waals surface area contributed by atoms with E-state index in [1.807, 2.05) is 0 Å². The van der Waals surface area contributed by atoms with Crippen molar-refractivity contribution in [2.24, 2.45) is 5.16 Å². The van der Waals surface area contributed by atoms with Gasteiger partial charge in [-0.05, 0) is 28.5 Å². The van der Waals surface area contributed by atoms with E-state index < -0.39 is 11.8 Å². The van der Waals surface area contributed by atoms with E-state index in [1.54, 1.807) is 0 Å². The average Bonchev–Trinajstić information content (AvgIpc) is 2.96. The van der Waals surface area contributed by atoms with E-state index in [0.29, 0.717) is 5.69 Å². The van der Waals surface area contributed by atoms with Gasteiger partial charge in [-0.15, -0.1) is 0 Å². The number of halogens is 2. The fraction of sp³-hybridized carbons (Fsp3) is 0.167. The van der Waals surface area contributed by atoms with E-state index in [2.05, 4.69) is 25.4 Å². The van der Waals surface area contributed by atoms with Gasteiger partial charge >= 0.3 is 5.97 Å². The Balaban J connectivity index is 2.13. The lowest BCUT2D eigenvalue weighted by atomic mass is 10.3. The molecular weight excluding hydrogens is 335 g/mol. The molecule has 9 nitrogen and oxygen atoms in total. The number of amidine groups is 1. The SMILES string of the molecule is O=C(O)CCOc1nonc1/C(=N\O)Nc1ccc(F)c(Cl)c1. The number of hydrogen-bond acceptors (Lipinski definition) is 7. The van der Waals surface area contributed by atoms with Crippen LogP contribution in [0.25, 0.3) is 0 Å². The molecule has 0 amide bonds. The van der Waals surface area contributed by atoms with Crippen molar-refractivity contribution >= 4 is 29.1 Å². The summed E-state index contributed by atoms with van der Waals surface area (Å²) >= 11 is 5.65. The Kier molecular flexibility index (Phi) is 5.31. The Morgan fingerprint density at radius 2 is 2.26 bits per heavy atom. The average molecular weight is 345 g/mol. The smallest absolute Gasteiger partial charge is 0.306 e. The standard InChI is InChI=1S/C12H10ClFN4O5/c13-7-5-6(1-2-8(7)14)15-11(16-21)10-12(18-23-17-10)22-4-3-9(19)20/h1-2,5,21H,3-4H2,(H,15,16)(H,19,20). The third kappa shape index (κ3) is 4.30. The van der Waals surface area contributed by atoms with Crippen LogP contribution >= 0.6 is 11.6 Å². The minimum absolute atomic E-state index is 0.0988. The van der Waals surface area contributed by atoms with Crippen molar-refractivity contribution in [3.8, 4) is 5.88 Å². The molecular formula is C12H10ClFN4O5. The molecule has 1 heterocycles. The summed E-state index contributed by atoms with van der Waals surface area (Å²) in [5.41, 5.74) is 0.210.